The van der Waals surface area contributed by atoms with E-state index in [-0.39, 0.29) is 0 Å². The van der Waals surface area contributed by atoms with Crippen molar-refractivity contribution in [3.63, 3.8) is 0 Å². The highest BCUT2D eigenvalue weighted by molar-refractivity contribution is 5.24. The molecule has 1 aliphatic heterocycles. The van der Waals surface area contributed by atoms with Gasteiger partial charge >= 0.3 is 0 Å². The number of ether oxygens (including phenoxy) is 1. The number of hydrogen-bond acceptors (Lipinski definition) is 2. The van der Waals surface area contributed by atoms with E-state index >= 15 is 0 Å². The van der Waals surface area contributed by atoms with Gasteiger partial charge in [-0.2, -0.15) is 0 Å². The van der Waals surface area contributed by atoms with Gasteiger partial charge in [-0.3, -0.25) is 0 Å². The maximum atomic E-state index is 6.15. The minimum absolute atomic E-state index is 0.310. The predicted molar refractivity (Wildman–Crippen MR) is 82.9 cm³/mol. The highest BCUT2D eigenvalue weighted by atomic mass is 16.5. The van der Waals surface area contributed by atoms with Crippen LogP contribution in [-0.4, -0.2) is 25.8 Å². The molecule has 2 aliphatic rings. The zero-order valence-electron chi connectivity index (χ0n) is 12.8. The van der Waals surface area contributed by atoms with Gasteiger partial charge in [0.25, 0.3) is 0 Å². The zero-order valence-corrected chi connectivity index (χ0v) is 12.8. The smallest absolute Gasteiger partial charge is 0.0675 e. The van der Waals surface area contributed by atoms with Crippen LogP contribution in [0.2, 0.25) is 0 Å². The van der Waals surface area contributed by atoms with Gasteiger partial charge in [-0.15, -0.1) is 0 Å². The summed E-state index contributed by atoms with van der Waals surface area (Å²) in [4.78, 5) is 0. The largest absolute Gasteiger partial charge is 0.377 e. The second kappa shape index (κ2) is 5.87. The zero-order chi connectivity index (χ0) is 14.0. The SMILES string of the molecule is CCNCC1(Cc2cccc(C)c2)CCOC1C1CC1. The Bertz CT molecular complexity index is 454. The Hall–Kier alpha value is -0.860. The van der Waals surface area contributed by atoms with Crippen molar-refractivity contribution in [2.24, 2.45) is 11.3 Å². The van der Waals surface area contributed by atoms with Crippen LogP contribution in [0, 0.1) is 18.3 Å². The lowest BCUT2D eigenvalue weighted by Crippen LogP contribution is -2.43. The van der Waals surface area contributed by atoms with E-state index in [1.165, 1.54) is 30.4 Å². The van der Waals surface area contributed by atoms with Crippen LogP contribution in [0.1, 0.15) is 37.3 Å². The minimum atomic E-state index is 0.310. The monoisotopic (exact) mass is 273 g/mol. The van der Waals surface area contributed by atoms with Gasteiger partial charge in [0.2, 0.25) is 0 Å². The molecule has 110 valence electrons. The topological polar surface area (TPSA) is 21.3 Å². The van der Waals surface area contributed by atoms with Gasteiger partial charge in [-0.25, -0.2) is 0 Å². The molecule has 1 saturated carbocycles. The Morgan fingerprint density at radius 3 is 2.90 bits per heavy atom. The summed E-state index contributed by atoms with van der Waals surface area (Å²) < 4.78 is 6.15. The Labute approximate surface area is 122 Å². The van der Waals surface area contributed by atoms with Crippen LogP contribution in [0.15, 0.2) is 24.3 Å². The van der Waals surface area contributed by atoms with E-state index in [0.29, 0.717) is 11.5 Å². The molecule has 1 aromatic rings. The number of rotatable bonds is 6. The van der Waals surface area contributed by atoms with Crippen molar-refractivity contribution in [2.45, 2.75) is 45.6 Å². The van der Waals surface area contributed by atoms with Gasteiger partial charge in [0.05, 0.1) is 6.10 Å². The second-order valence-corrected chi connectivity index (χ2v) is 6.69. The summed E-state index contributed by atoms with van der Waals surface area (Å²) in [5.41, 5.74) is 3.15. The summed E-state index contributed by atoms with van der Waals surface area (Å²) in [5.74, 6) is 0.820. The standard InChI is InChI=1S/C18H27NO/c1-3-19-13-18(9-10-20-17(18)16-7-8-16)12-15-6-4-5-14(2)11-15/h4-6,11,16-17,19H,3,7-10,12-13H2,1-2H3. The highest BCUT2D eigenvalue weighted by Crippen LogP contribution is 2.49. The molecule has 1 aliphatic carbocycles. The van der Waals surface area contributed by atoms with Crippen LogP contribution < -0.4 is 5.32 Å². The molecule has 0 aromatic heterocycles. The Kier molecular flexibility index (Phi) is 4.13. The van der Waals surface area contributed by atoms with Crippen molar-refractivity contribution < 1.29 is 4.74 Å². The van der Waals surface area contributed by atoms with E-state index in [2.05, 4.69) is 43.4 Å². The fourth-order valence-corrected chi connectivity index (χ4v) is 3.79. The van der Waals surface area contributed by atoms with E-state index in [1.54, 1.807) is 0 Å². The molecule has 3 rings (SSSR count). The average molecular weight is 273 g/mol. The maximum absolute atomic E-state index is 6.15. The molecular formula is C18H27NO. The molecule has 0 bridgehead atoms. The summed E-state index contributed by atoms with van der Waals surface area (Å²) >= 11 is 0. The van der Waals surface area contributed by atoms with Gasteiger partial charge in [0.1, 0.15) is 0 Å². The molecule has 1 aromatic carbocycles. The average Bonchev–Trinajstić information content (AvgIpc) is 3.19. The molecule has 0 radical (unpaired) electrons. The van der Waals surface area contributed by atoms with Crippen LogP contribution in [0.5, 0.6) is 0 Å². The van der Waals surface area contributed by atoms with E-state index in [4.69, 9.17) is 4.74 Å². The summed E-state index contributed by atoms with van der Waals surface area (Å²) in [6, 6.07) is 9.00. The fraction of sp³-hybridized carbons (Fsp3) is 0.667. The first-order valence-corrected chi connectivity index (χ1v) is 8.11. The molecule has 2 unspecified atom stereocenters. The lowest BCUT2D eigenvalue weighted by Gasteiger charge is -2.35. The predicted octanol–water partition coefficient (Wildman–Crippen LogP) is 3.33. The summed E-state index contributed by atoms with van der Waals surface area (Å²) in [6.45, 7) is 7.47. The first kappa shape index (κ1) is 14.1. The van der Waals surface area contributed by atoms with E-state index < -0.39 is 0 Å². The van der Waals surface area contributed by atoms with E-state index in [9.17, 15) is 0 Å². The molecule has 1 N–H and O–H groups in total. The lowest BCUT2D eigenvalue weighted by molar-refractivity contribution is 0.0308. The molecular weight excluding hydrogens is 246 g/mol. The van der Waals surface area contributed by atoms with Gasteiger partial charge in [-0.1, -0.05) is 36.8 Å². The third kappa shape index (κ3) is 2.91. The van der Waals surface area contributed by atoms with Crippen LogP contribution in [-0.2, 0) is 11.2 Å². The molecule has 0 amide bonds. The number of benzene rings is 1. The van der Waals surface area contributed by atoms with Gasteiger partial charge in [0.15, 0.2) is 0 Å². The van der Waals surface area contributed by atoms with Crippen molar-refractivity contribution in [1.82, 2.24) is 5.32 Å². The second-order valence-electron chi connectivity index (χ2n) is 6.69. The molecule has 0 spiro atoms. The number of nitrogens with one attached hydrogen (secondary N) is 1. The van der Waals surface area contributed by atoms with E-state index in [0.717, 1.165) is 32.0 Å². The van der Waals surface area contributed by atoms with Crippen molar-refractivity contribution in [1.29, 1.82) is 0 Å². The molecule has 2 fully saturated rings. The van der Waals surface area contributed by atoms with E-state index in [1.807, 2.05) is 0 Å². The molecule has 2 nitrogen and oxygen atoms in total. The molecule has 1 heterocycles. The molecule has 2 heteroatoms. The fourth-order valence-electron chi connectivity index (χ4n) is 3.79. The van der Waals surface area contributed by atoms with Gasteiger partial charge < -0.3 is 10.1 Å². The third-order valence-corrected chi connectivity index (χ3v) is 4.92. The normalized spacial score (nSPS) is 29.8. The quantitative estimate of drug-likeness (QED) is 0.858. The number of hydrogen-bond donors (Lipinski definition) is 1. The van der Waals surface area contributed by atoms with Crippen LogP contribution in [0.3, 0.4) is 0 Å². The van der Waals surface area contributed by atoms with Crippen molar-refractivity contribution in [3.8, 4) is 0 Å². The van der Waals surface area contributed by atoms with Gasteiger partial charge in [-0.05, 0) is 50.6 Å². The first-order valence-electron chi connectivity index (χ1n) is 8.11. The summed E-state index contributed by atoms with van der Waals surface area (Å²) in [5, 5.41) is 3.60. The third-order valence-electron chi connectivity index (χ3n) is 4.92. The Morgan fingerprint density at radius 2 is 2.20 bits per heavy atom. The van der Waals surface area contributed by atoms with Crippen LogP contribution in [0.25, 0.3) is 0 Å². The van der Waals surface area contributed by atoms with Crippen molar-refractivity contribution in [2.75, 3.05) is 19.7 Å². The lowest BCUT2D eigenvalue weighted by atomic mass is 9.74. The summed E-state index contributed by atoms with van der Waals surface area (Å²) in [6.07, 6.45) is 5.57. The van der Waals surface area contributed by atoms with Crippen molar-refractivity contribution in [3.05, 3.63) is 35.4 Å². The maximum Gasteiger partial charge on any atom is 0.0675 e. The van der Waals surface area contributed by atoms with Crippen LogP contribution in [0.4, 0.5) is 0 Å². The Balaban J connectivity index is 1.81. The van der Waals surface area contributed by atoms with Gasteiger partial charge in [0, 0.05) is 18.6 Å². The first-order chi connectivity index (χ1) is 9.73. The molecule has 1 saturated heterocycles. The Morgan fingerprint density at radius 1 is 1.35 bits per heavy atom. The minimum Gasteiger partial charge on any atom is -0.377 e. The highest BCUT2D eigenvalue weighted by Gasteiger charge is 2.50. The van der Waals surface area contributed by atoms with Crippen molar-refractivity contribution >= 4 is 0 Å². The van der Waals surface area contributed by atoms with Crippen LogP contribution >= 0.6 is 0 Å². The number of aryl methyl sites for hydroxylation is 1. The summed E-state index contributed by atoms with van der Waals surface area (Å²) in [7, 11) is 0. The molecule has 2 atom stereocenters. The molecule has 20 heavy (non-hydrogen) atoms.